The summed E-state index contributed by atoms with van der Waals surface area (Å²) in [5.41, 5.74) is 2.77. The topological polar surface area (TPSA) is 15.3 Å². The van der Waals surface area contributed by atoms with Gasteiger partial charge in [-0.15, -0.1) is 0 Å². The van der Waals surface area contributed by atoms with Gasteiger partial charge >= 0.3 is 0 Å². The van der Waals surface area contributed by atoms with E-state index in [1.165, 1.54) is 36.9 Å². The van der Waals surface area contributed by atoms with Gasteiger partial charge in [-0.1, -0.05) is 12.1 Å². The van der Waals surface area contributed by atoms with Crippen molar-refractivity contribution in [2.24, 2.45) is 11.8 Å². The van der Waals surface area contributed by atoms with E-state index in [-0.39, 0.29) is 0 Å². The third-order valence-corrected chi connectivity index (χ3v) is 4.87. The van der Waals surface area contributed by atoms with E-state index in [4.69, 9.17) is 0 Å². The summed E-state index contributed by atoms with van der Waals surface area (Å²) >= 11 is 0. The molecular weight excluding hydrogens is 244 g/mol. The molecule has 2 heteroatoms. The summed E-state index contributed by atoms with van der Waals surface area (Å²) in [5, 5.41) is 3.82. The van der Waals surface area contributed by atoms with Crippen molar-refractivity contribution in [1.29, 1.82) is 0 Å². The van der Waals surface area contributed by atoms with Gasteiger partial charge in [-0.25, -0.2) is 0 Å². The summed E-state index contributed by atoms with van der Waals surface area (Å²) < 4.78 is 0. The molecule has 1 aromatic rings. The lowest BCUT2D eigenvalue weighted by Crippen LogP contribution is -2.32. The summed E-state index contributed by atoms with van der Waals surface area (Å²) in [6, 6.07) is 9.92. The normalized spacial score (nSPS) is 18.6. The van der Waals surface area contributed by atoms with Gasteiger partial charge in [0.15, 0.2) is 0 Å². The first-order valence-corrected chi connectivity index (χ1v) is 8.39. The molecule has 0 amide bonds. The van der Waals surface area contributed by atoms with Crippen molar-refractivity contribution in [3.8, 4) is 0 Å². The summed E-state index contributed by atoms with van der Waals surface area (Å²) in [4.78, 5) is 2.40. The van der Waals surface area contributed by atoms with Gasteiger partial charge < -0.3 is 10.2 Å². The number of rotatable bonds is 8. The average molecular weight is 272 g/mol. The quantitative estimate of drug-likeness (QED) is 0.774. The second-order valence-corrected chi connectivity index (χ2v) is 6.42. The fraction of sp³-hybridized carbons (Fsp3) is 0.667. The van der Waals surface area contributed by atoms with Crippen LogP contribution in [0.25, 0.3) is 0 Å². The van der Waals surface area contributed by atoms with E-state index >= 15 is 0 Å². The van der Waals surface area contributed by atoms with Gasteiger partial charge in [0.1, 0.15) is 0 Å². The van der Waals surface area contributed by atoms with E-state index in [2.05, 4.69) is 48.3 Å². The molecule has 0 saturated heterocycles. The Morgan fingerprint density at radius 3 is 2.00 bits per heavy atom. The molecule has 0 aromatic heterocycles. The van der Waals surface area contributed by atoms with Gasteiger partial charge in [0.2, 0.25) is 0 Å². The Kier molecular flexibility index (Phi) is 4.30. The van der Waals surface area contributed by atoms with Gasteiger partial charge in [-0.05, 0) is 69.1 Å². The van der Waals surface area contributed by atoms with Crippen LogP contribution in [0, 0.1) is 11.8 Å². The zero-order chi connectivity index (χ0) is 13.9. The maximum atomic E-state index is 3.82. The lowest BCUT2D eigenvalue weighted by atomic mass is 10.1. The van der Waals surface area contributed by atoms with Crippen molar-refractivity contribution in [2.45, 2.75) is 52.1 Å². The Balaban J connectivity index is 1.54. The molecule has 2 aliphatic rings. The molecule has 0 radical (unpaired) electrons. The first-order valence-electron chi connectivity index (χ1n) is 8.39. The van der Waals surface area contributed by atoms with Gasteiger partial charge in [-0.3, -0.25) is 0 Å². The number of benzene rings is 1. The highest BCUT2D eigenvalue weighted by molar-refractivity contribution is 5.47. The molecule has 1 aromatic carbocycles. The summed E-state index contributed by atoms with van der Waals surface area (Å²) in [6.07, 6.45) is 5.81. The van der Waals surface area contributed by atoms with Crippen LogP contribution in [0.5, 0.6) is 0 Å². The molecule has 1 N–H and O–H groups in total. The Morgan fingerprint density at radius 1 is 1.00 bits per heavy atom. The Hall–Kier alpha value is -1.02. The first kappa shape index (κ1) is 13.9. The number of nitrogens with one attached hydrogen (secondary N) is 1. The van der Waals surface area contributed by atoms with Crippen LogP contribution in [0.15, 0.2) is 24.3 Å². The van der Waals surface area contributed by atoms with Crippen LogP contribution >= 0.6 is 0 Å². The van der Waals surface area contributed by atoms with Crippen molar-refractivity contribution in [1.82, 2.24) is 5.32 Å². The predicted molar refractivity (Wildman–Crippen MR) is 86.1 cm³/mol. The first-order chi connectivity index (χ1) is 9.81. The fourth-order valence-corrected chi connectivity index (χ4v) is 3.28. The van der Waals surface area contributed by atoms with E-state index in [0.29, 0.717) is 0 Å². The van der Waals surface area contributed by atoms with Crippen LogP contribution in [-0.2, 0) is 6.54 Å². The minimum absolute atomic E-state index is 0.803. The van der Waals surface area contributed by atoms with Crippen LogP contribution < -0.4 is 10.2 Å². The minimum atomic E-state index is 0.803. The standard InChI is InChI=1S/C18H28N2/c1-3-20(4-2)17-11-5-14(6-12-17)13-19-18(15-7-8-15)16-9-10-16/h5-6,11-12,15-16,18-19H,3-4,7-10,13H2,1-2H3. The third kappa shape index (κ3) is 3.35. The molecule has 110 valence electrons. The van der Waals surface area contributed by atoms with Gasteiger partial charge in [0.05, 0.1) is 0 Å². The molecule has 0 atom stereocenters. The molecule has 2 fully saturated rings. The van der Waals surface area contributed by atoms with E-state index in [1.807, 2.05) is 0 Å². The number of hydrogen-bond acceptors (Lipinski definition) is 2. The second-order valence-electron chi connectivity index (χ2n) is 6.42. The molecule has 2 nitrogen and oxygen atoms in total. The summed E-state index contributed by atoms with van der Waals surface area (Å²) in [5.74, 6) is 1.97. The zero-order valence-electron chi connectivity index (χ0n) is 12.9. The largest absolute Gasteiger partial charge is 0.372 e. The van der Waals surface area contributed by atoms with E-state index in [0.717, 1.165) is 37.5 Å². The Morgan fingerprint density at radius 2 is 1.55 bits per heavy atom. The Bertz CT molecular complexity index is 402. The van der Waals surface area contributed by atoms with Crippen LogP contribution in [0.4, 0.5) is 5.69 Å². The molecule has 0 aliphatic heterocycles. The highest BCUT2D eigenvalue weighted by Crippen LogP contribution is 2.44. The third-order valence-electron chi connectivity index (χ3n) is 4.87. The number of anilines is 1. The fourth-order valence-electron chi connectivity index (χ4n) is 3.28. The lowest BCUT2D eigenvalue weighted by molar-refractivity contribution is 0.416. The maximum Gasteiger partial charge on any atom is 0.0366 e. The van der Waals surface area contributed by atoms with Crippen molar-refractivity contribution in [3.05, 3.63) is 29.8 Å². The lowest BCUT2D eigenvalue weighted by Gasteiger charge is -2.22. The maximum absolute atomic E-state index is 3.82. The number of nitrogens with zero attached hydrogens (tertiary/aromatic N) is 1. The summed E-state index contributed by atoms with van der Waals surface area (Å²) in [7, 11) is 0. The van der Waals surface area contributed by atoms with Gasteiger partial charge in [-0.2, -0.15) is 0 Å². The molecule has 0 unspecified atom stereocenters. The molecule has 0 heterocycles. The van der Waals surface area contributed by atoms with Crippen molar-refractivity contribution in [2.75, 3.05) is 18.0 Å². The molecule has 20 heavy (non-hydrogen) atoms. The van der Waals surface area contributed by atoms with Crippen LogP contribution in [0.1, 0.15) is 45.1 Å². The SMILES string of the molecule is CCN(CC)c1ccc(CNC(C2CC2)C2CC2)cc1. The van der Waals surface area contributed by atoms with Gasteiger partial charge in [0.25, 0.3) is 0 Å². The minimum Gasteiger partial charge on any atom is -0.372 e. The smallest absolute Gasteiger partial charge is 0.0366 e. The van der Waals surface area contributed by atoms with Crippen LogP contribution in [0.2, 0.25) is 0 Å². The van der Waals surface area contributed by atoms with E-state index < -0.39 is 0 Å². The average Bonchev–Trinajstić information content (AvgIpc) is 3.36. The van der Waals surface area contributed by atoms with Crippen LogP contribution in [-0.4, -0.2) is 19.1 Å². The van der Waals surface area contributed by atoms with Crippen molar-refractivity contribution < 1.29 is 0 Å². The molecule has 0 bridgehead atoms. The molecule has 2 aliphatic carbocycles. The molecular formula is C18H28N2. The highest BCUT2D eigenvalue weighted by atomic mass is 15.1. The molecule has 2 saturated carbocycles. The summed E-state index contributed by atoms with van der Waals surface area (Å²) in [6.45, 7) is 7.64. The van der Waals surface area contributed by atoms with Crippen molar-refractivity contribution >= 4 is 5.69 Å². The van der Waals surface area contributed by atoms with Crippen LogP contribution in [0.3, 0.4) is 0 Å². The number of hydrogen-bond donors (Lipinski definition) is 1. The molecule has 3 rings (SSSR count). The monoisotopic (exact) mass is 272 g/mol. The molecule has 0 spiro atoms. The zero-order valence-corrected chi connectivity index (χ0v) is 12.9. The predicted octanol–water partition coefficient (Wildman–Crippen LogP) is 3.81. The van der Waals surface area contributed by atoms with Gasteiger partial charge in [0, 0.05) is 31.4 Å². The Labute approximate surface area is 123 Å². The second kappa shape index (κ2) is 6.17. The van der Waals surface area contributed by atoms with Crippen molar-refractivity contribution in [3.63, 3.8) is 0 Å². The highest BCUT2D eigenvalue weighted by Gasteiger charge is 2.40. The van der Waals surface area contributed by atoms with E-state index in [1.54, 1.807) is 0 Å². The van der Waals surface area contributed by atoms with E-state index in [9.17, 15) is 0 Å².